The van der Waals surface area contributed by atoms with E-state index in [-0.39, 0.29) is 31.1 Å². The van der Waals surface area contributed by atoms with Crippen molar-refractivity contribution in [2.45, 2.75) is 31.3 Å². The highest BCUT2D eigenvalue weighted by atomic mass is 35.5. The summed E-state index contributed by atoms with van der Waals surface area (Å²) in [6.45, 7) is 3.27. The highest BCUT2D eigenvalue weighted by Crippen LogP contribution is 2.29. The normalized spacial score (nSPS) is 20.2. The van der Waals surface area contributed by atoms with Crippen LogP contribution in [0.25, 0.3) is 0 Å². The summed E-state index contributed by atoms with van der Waals surface area (Å²) in [5, 5.41) is 10.3. The molecule has 40 heavy (non-hydrogen) atoms. The number of aliphatic carboxylic acids is 1. The number of hydrogen-bond acceptors (Lipinski definition) is 7. The summed E-state index contributed by atoms with van der Waals surface area (Å²) in [7, 11) is 0. The van der Waals surface area contributed by atoms with E-state index in [1.807, 2.05) is 0 Å². The van der Waals surface area contributed by atoms with Crippen LogP contribution in [0.5, 0.6) is 0 Å². The molecule has 0 radical (unpaired) electrons. The lowest BCUT2D eigenvalue weighted by Gasteiger charge is -2.40. The number of rotatable bonds is 7. The van der Waals surface area contributed by atoms with Gasteiger partial charge in [0, 0.05) is 62.6 Å². The minimum absolute atomic E-state index is 0.0133. The Balaban J connectivity index is 1.23. The molecule has 3 fully saturated rings. The van der Waals surface area contributed by atoms with Gasteiger partial charge in [-0.2, -0.15) is 0 Å². The summed E-state index contributed by atoms with van der Waals surface area (Å²) in [5.41, 5.74) is 8.00. The minimum Gasteiger partial charge on any atom is -0.480 e. The van der Waals surface area contributed by atoms with Crippen molar-refractivity contribution in [3.05, 3.63) is 53.1 Å². The van der Waals surface area contributed by atoms with Gasteiger partial charge in [-0.1, -0.05) is 23.7 Å². The second kappa shape index (κ2) is 11.8. The molecule has 3 heterocycles. The topological polar surface area (TPSA) is 137 Å². The molecule has 12 heteroatoms. The van der Waals surface area contributed by atoms with E-state index >= 15 is 0 Å². The van der Waals surface area contributed by atoms with Crippen LogP contribution in [-0.2, 0) is 30.3 Å². The van der Waals surface area contributed by atoms with Crippen molar-refractivity contribution >= 4 is 52.4 Å². The molecule has 0 saturated carbocycles. The van der Waals surface area contributed by atoms with Crippen LogP contribution in [-0.4, -0.2) is 96.6 Å². The fraction of sp³-hybridized carbons (Fsp3) is 0.429. The fourth-order valence-corrected chi connectivity index (χ4v) is 5.79. The van der Waals surface area contributed by atoms with Crippen molar-refractivity contribution < 1.29 is 29.0 Å². The van der Waals surface area contributed by atoms with E-state index < -0.39 is 23.8 Å². The highest BCUT2D eigenvalue weighted by Gasteiger charge is 2.40. The van der Waals surface area contributed by atoms with Crippen molar-refractivity contribution in [2.75, 3.05) is 61.5 Å². The quantitative estimate of drug-likeness (QED) is 0.379. The first-order valence-electron chi connectivity index (χ1n) is 13.3. The number of carboxylic acid groups (broad SMARTS) is 1. The molecule has 212 valence electrons. The summed E-state index contributed by atoms with van der Waals surface area (Å²) in [4.78, 5) is 57.4. The lowest BCUT2D eigenvalue weighted by atomic mass is 10.0. The Morgan fingerprint density at radius 3 is 2.35 bits per heavy atom. The maximum Gasteiger partial charge on any atom is 0.326 e. The number of carboxylic acids is 1. The largest absolute Gasteiger partial charge is 0.480 e. The van der Waals surface area contributed by atoms with Gasteiger partial charge in [-0.05, 0) is 48.7 Å². The summed E-state index contributed by atoms with van der Waals surface area (Å²) < 4.78 is 5.43. The van der Waals surface area contributed by atoms with E-state index in [4.69, 9.17) is 22.1 Å². The molecule has 3 saturated heterocycles. The molecule has 2 aromatic carbocycles. The third-order valence-corrected chi connectivity index (χ3v) is 8.07. The molecule has 5 rings (SSSR count). The molecule has 0 aromatic heterocycles. The fourth-order valence-electron chi connectivity index (χ4n) is 5.62. The molecule has 0 bridgehead atoms. The predicted molar refractivity (Wildman–Crippen MR) is 149 cm³/mol. The van der Waals surface area contributed by atoms with Crippen molar-refractivity contribution in [1.82, 2.24) is 9.80 Å². The number of piperazine rings is 2. The average molecular weight is 570 g/mol. The van der Waals surface area contributed by atoms with Crippen molar-refractivity contribution in [3.63, 3.8) is 0 Å². The van der Waals surface area contributed by atoms with E-state index in [0.717, 1.165) is 43.2 Å². The van der Waals surface area contributed by atoms with Gasteiger partial charge in [0.15, 0.2) is 0 Å². The van der Waals surface area contributed by atoms with E-state index in [2.05, 4.69) is 4.90 Å². The number of anilines is 3. The number of ether oxygens (including phenoxy) is 1. The Morgan fingerprint density at radius 1 is 0.975 bits per heavy atom. The van der Waals surface area contributed by atoms with Crippen LogP contribution in [0, 0.1) is 0 Å². The first-order chi connectivity index (χ1) is 19.2. The van der Waals surface area contributed by atoms with Gasteiger partial charge < -0.3 is 30.3 Å². The van der Waals surface area contributed by atoms with Gasteiger partial charge in [0.2, 0.25) is 5.91 Å². The Labute approximate surface area is 237 Å². The van der Waals surface area contributed by atoms with Crippen LogP contribution >= 0.6 is 11.6 Å². The number of carbonyl (C=O) groups excluding carboxylic acids is 3. The lowest BCUT2D eigenvalue weighted by Crippen LogP contribution is -2.59. The zero-order chi connectivity index (χ0) is 28.4. The van der Waals surface area contributed by atoms with Crippen LogP contribution in [0.4, 0.5) is 17.1 Å². The zero-order valence-electron chi connectivity index (χ0n) is 22.0. The number of nitrogens with two attached hydrogens (primary N) is 1. The average Bonchev–Trinajstić information content (AvgIpc) is 2.95. The summed E-state index contributed by atoms with van der Waals surface area (Å²) in [5.74, 6) is -2.96. The van der Waals surface area contributed by atoms with Gasteiger partial charge in [-0.3, -0.25) is 19.3 Å². The number of carbonyl (C=O) groups is 4. The molecular weight excluding hydrogens is 538 g/mol. The van der Waals surface area contributed by atoms with Crippen LogP contribution in [0.15, 0.2) is 42.5 Å². The molecular formula is C28H32ClN5O6. The van der Waals surface area contributed by atoms with Gasteiger partial charge >= 0.3 is 17.8 Å². The Morgan fingerprint density at radius 2 is 1.68 bits per heavy atom. The smallest absolute Gasteiger partial charge is 0.326 e. The number of nitrogen functional groups attached to an aromatic ring is 1. The minimum atomic E-state index is -1.23. The molecule has 11 nitrogen and oxygen atoms in total. The summed E-state index contributed by atoms with van der Waals surface area (Å²) in [6.07, 6.45) is 1.88. The van der Waals surface area contributed by atoms with Crippen LogP contribution in [0.2, 0.25) is 5.02 Å². The standard InChI is InChI=1S/C28H32ClN5O6/c29-19-3-6-22(30)23(16-19)33-11-12-34(27(37)26(33)36)24(28(38)39)15-18-1-4-21(5-2-18)32-10-9-31(17-25(32)35)20-7-13-40-14-8-20/h1-6,16,20,24H,7-15,17,30H2,(H,38,39). The second-order valence-corrected chi connectivity index (χ2v) is 10.7. The molecule has 0 spiro atoms. The van der Waals surface area contributed by atoms with Gasteiger partial charge in [-0.15, -0.1) is 0 Å². The zero-order valence-corrected chi connectivity index (χ0v) is 22.8. The van der Waals surface area contributed by atoms with Gasteiger partial charge in [-0.25, -0.2) is 4.79 Å². The van der Waals surface area contributed by atoms with Crippen LogP contribution in [0.1, 0.15) is 18.4 Å². The molecule has 3 aliphatic rings. The number of nitrogens with zero attached hydrogens (tertiary/aromatic N) is 4. The Kier molecular flexibility index (Phi) is 8.24. The first-order valence-corrected chi connectivity index (χ1v) is 13.7. The third-order valence-electron chi connectivity index (χ3n) is 7.83. The molecule has 0 aliphatic carbocycles. The van der Waals surface area contributed by atoms with E-state index in [9.17, 15) is 24.3 Å². The Bertz CT molecular complexity index is 1300. The summed E-state index contributed by atoms with van der Waals surface area (Å²) in [6, 6.07) is 10.9. The monoisotopic (exact) mass is 569 g/mol. The predicted octanol–water partition coefficient (Wildman–Crippen LogP) is 1.62. The van der Waals surface area contributed by atoms with Crippen LogP contribution in [0.3, 0.4) is 0 Å². The highest BCUT2D eigenvalue weighted by molar-refractivity contribution is 6.41. The third kappa shape index (κ3) is 5.77. The molecule has 2 aromatic rings. The number of benzene rings is 2. The lowest BCUT2D eigenvalue weighted by molar-refractivity contribution is -0.155. The van der Waals surface area contributed by atoms with Crippen LogP contribution < -0.4 is 15.5 Å². The van der Waals surface area contributed by atoms with Crippen molar-refractivity contribution in [2.24, 2.45) is 0 Å². The summed E-state index contributed by atoms with van der Waals surface area (Å²) >= 11 is 6.04. The Hall–Kier alpha value is -3.67. The first kappa shape index (κ1) is 27.9. The number of amides is 3. The van der Waals surface area contributed by atoms with Gasteiger partial charge in [0.25, 0.3) is 0 Å². The van der Waals surface area contributed by atoms with Crippen molar-refractivity contribution in [3.8, 4) is 0 Å². The maximum absolute atomic E-state index is 13.0. The van der Waals surface area contributed by atoms with Gasteiger partial charge in [0.05, 0.1) is 17.9 Å². The maximum atomic E-state index is 13.0. The van der Waals surface area contributed by atoms with E-state index in [0.29, 0.717) is 35.4 Å². The van der Waals surface area contributed by atoms with E-state index in [1.54, 1.807) is 41.3 Å². The van der Waals surface area contributed by atoms with Crippen molar-refractivity contribution in [1.29, 1.82) is 0 Å². The SMILES string of the molecule is Nc1ccc(Cl)cc1N1CCN(C(Cc2ccc(N3CCN(C4CCOCC4)CC3=O)cc2)C(=O)O)C(=O)C1=O. The molecule has 3 amide bonds. The molecule has 3 aliphatic heterocycles. The van der Waals surface area contributed by atoms with Gasteiger partial charge in [0.1, 0.15) is 6.04 Å². The number of halogens is 1. The molecule has 1 atom stereocenters. The number of hydrogen-bond donors (Lipinski definition) is 2. The van der Waals surface area contributed by atoms with E-state index in [1.165, 1.54) is 11.0 Å². The molecule has 1 unspecified atom stereocenters. The second-order valence-electron chi connectivity index (χ2n) is 10.2. The molecule has 3 N–H and O–H groups in total.